The first-order valence-corrected chi connectivity index (χ1v) is 11.1. The van der Waals surface area contributed by atoms with Crippen LogP contribution >= 0.6 is 23.7 Å². The van der Waals surface area contributed by atoms with E-state index in [2.05, 4.69) is 5.32 Å². The van der Waals surface area contributed by atoms with E-state index < -0.39 is 16.0 Å². The molecule has 1 fully saturated rings. The Bertz CT molecular complexity index is 892. The van der Waals surface area contributed by atoms with E-state index in [1.807, 2.05) is 19.1 Å². The predicted octanol–water partition coefficient (Wildman–Crippen LogP) is 3.26. The van der Waals surface area contributed by atoms with Gasteiger partial charge in [-0.3, -0.25) is 0 Å². The molecule has 0 bridgehead atoms. The molecule has 9 heteroatoms. The van der Waals surface area contributed by atoms with Crippen molar-refractivity contribution in [3.05, 3.63) is 29.1 Å². The molecule has 27 heavy (non-hydrogen) atoms. The topological polar surface area (TPSA) is 75.7 Å². The van der Waals surface area contributed by atoms with Gasteiger partial charge in [0.25, 0.3) is 0 Å². The molecule has 0 radical (unpaired) electrons. The zero-order valence-corrected chi connectivity index (χ0v) is 17.9. The Kier molecular flexibility index (Phi) is 7.64. The van der Waals surface area contributed by atoms with E-state index in [0.717, 1.165) is 37.1 Å². The fourth-order valence-electron chi connectivity index (χ4n) is 3.44. The number of hydrogen-bond acceptors (Lipinski definition) is 6. The minimum absolute atomic E-state index is 0. The Morgan fingerprint density at radius 2 is 1.96 bits per heavy atom. The fourth-order valence-corrected chi connectivity index (χ4v) is 6.99. The van der Waals surface area contributed by atoms with Gasteiger partial charge in [-0.25, -0.2) is 13.2 Å². The highest BCUT2D eigenvalue weighted by atomic mass is 35.5. The number of ether oxygens (including phenoxy) is 1. The quantitative estimate of drug-likeness (QED) is 0.709. The molecule has 0 aliphatic carbocycles. The number of esters is 1. The highest BCUT2D eigenvalue weighted by molar-refractivity contribution is 7.89. The summed E-state index contributed by atoms with van der Waals surface area (Å²) in [5, 5.41) is 3.86. The van der Waals surface area contributed by atoms with Crippen LogP contribution in [0.15, 0.2) is 29.2 Å². The zero-order valence-electron chi connectivity index (χ0n) is 15.4. The number of thiophene rings is 1. The van der Waals surface area contributed by atoms with E-state index in [-0.39, 0.29) is 28.2 Å². The maximum Gasteiger partial charge on any atom is 0.349 e. The van der Waals surface area contributed by atoms with Crippen molar-refractivity contribution in [3.8, 4) is 0 Å². The largest absolute Gasteiger partial charge is 0.465 e. The molecule has 0 atom stereocenters. The number of rotatable bonds is 6. The highest BCUT2D eigenvalue weighted by Crippen LogP contribution is 2.38. The first kappa shape index (κ1) is 22.1. The summed E-state index contributed by atoms with van der Waals surface area (Å²) in [6.07, 6.45) is 2.27. The molecular weight excluding hydrogens is 408 g/mol. The lowest BCUT2D eigenvalue weighted by Gasteiger charge is -2.33. The number of carbonyl (C=O) groups is 1. The number of nitrogens with zero attached hydrogens (tertiary/aromatic N) is 1. The van der Waals surface area contributed by atoms with Crippen LogP contribution in [0.3, 0.4) is 0 Å². The minimum atomic E-state index is -3.82. The van der Waals surface area contributed by atoms with E-state index in [0.29, 0.717) is 11.9 Å². The van der Waals surface area contributed by atoms with E-state index >= 15 is 0 Å². The van der Waals surface area contributed by atoms with Crippen LogP contribution in [0.2, 0.25) is 0 Å². The molecule has 0 amide bonds. The molecule has 6 nitrogen and oxygen atoms in total. The second-order valence-electron chi connectivity index (χ2n) is 6.34. The molecule has 150 valence electrons. The number of nitrogens with one attached hydrogen (secondary N) is 1. The summed E-state index contributed by atoms with van der Waals surface area (Å²) in [6, 6.07) is 7.18. The van der Waals surface area contributed by atoms with Gasteiger partial charge in [0.05, 0.1) is 7.11 Å². The van der Waals surface area contributed by atoms with E-state index in [1.54, 1.807) is 16.4 Å². The lowest BCUT2D eigenvalue weighted by atomic mass is 10.1. The molecule has 1 N–H and O–H groups in total. The third-order valence-corrected chi connectivity index (χ3v) is 7.97. The van der Waals surface area contributed by atoms with Crippen molar-refractivity contribution in [2.24, 2.45) is 0 Å². The standard InChI is InChI=1S/C18H24N2O4S2.ClH/c1-3-12-20(13-8-10-19-11-9-13)26(22,23)17-14-6-4-5-7-15(14)25-16(17)18(21)24-2;/h4-7,13,19H,3,8-12H2,1-2H3;1H. The molecule has 0 unspecified atom stereocenters. The maximum atomic E-state index is 13.6. The third-order valence-electron chi connectivity index (χ3n) is 4.65. The monoisotopic (exact) mass is 432 g/mol. The van der Waals surface area contributed by atoms with E-state index in [1.165, 1.54) is 18.4 Å². The number of benzene rings is 1. The summed E-state index contributed by atoms with van der Waals surface area (Å²) >= 11 is 1.17. The van der Waals surface area contributed by atoms with E-state index in [4.69, 9.17) is 4.74 Å². The van der Waals surface area contributed by atoms with Gasteiger partial charge < -0.3 is 10.1 Å². The summed E-state index contributed by atoms with van der Waals surface area (Å²) in [6.45, 7) is 4.01. The van der Waals surface area contributed by atoms with E-state index in [9.17, 15) is 13.2 Å². The average molecular weight is 433 g/mol. The zero-order chi connectivity index (χ0) is 18.7. The Morgan fingerprint density at radius 3 is 2.59 bits per heavy atom. The Morgan fingerprint density at radius 1 is 1.30 bits per heavy atom. The summed E-state index contributed by atoms with van der Waals surface area (Å²) < 4.78 is 34.5. The lowest BCUT2D eigenvalue weighted by molar-refractivity contribution is 0.0602. The van der Waals surface area contributed by atoms with Crippen molar-refractivity contribution in [1.29, 1.82) is 0 Å². The molecule has 1 aromatic carbocycles. The van der Waals surface area contributed by atoms with Gasteiger partial charge in [-0.1, -0.05) is 25.1 Å². The Labute approximate surface area is 170 Å². The van der Waals surface area contributed by atoms with Crippen LogP contribution in [-0.2, 0) is 14.8 Å². The van der Waals surface area contributed by atoms with Gasteiger partial charge in [0, 0.05) is 22.7 Å². The Hall–Kier alpha value is -1.19. The summed E-state index contributed by atoms with van der Waals surface area (Å²) in [5.41, 5.74) is 0. The molecule has 1 aromatic heterocycles. The van der Waals surface area contributed by atoms with Crippen molar-refractivity contribution < 1.29 is 17.9 Å². The van der Waals surface area contributed by atoms with Crippen LogP contribution in [0, 0.1) is 0 Å². The summed E-state index contributed by atoms with van der Waals surface area (Å²) in [7, 11) is -2.54. The van der Waals surface area contributed by atoms with Crippen molar-refractivity contribution >= 4 is 49.8 Å². The van der Waals surface area contributed by atoms with Crippen LogP contribution in [0.5, 0.6) is 0 Å². The molecule has 1 saturated heterocycles. The number of piperidine rings is 1. The van der Waals surface area contributed by atoms with Crippen LogP contribution in [0.25, 0.3) is 10.1 Å². The predicted molar refractivity (Wildman–Crippen MR) is 110 cm³/mol. The molecule has 2 aromatic rings. The summed E-state index contributed by atoms with van der Waals surface area (Å²) in [4.78, 5) is 12.6. The number of hydrogen-bond donors (Lipinski definition) is 1. The van der Waals surface area contributed by atoms with Crippen LogP contribution in [0.1, 0.15) is 35.9 Å². The molecular formula is C18H25ClN2O4S2. The Balaban J connectivity index is 0.00000261. The average Bonchev–Trinajstić information content (AvgIpc) is 3.06. The van der Waals surface area contributed by atoms with Gasteiger partial charge in [0.15, 0.2) is 0 Å². The number of sulfonamides is 1. The van der Waals surface area contributed by atoms with Crippen molar-refractivity contribution in [1.82, 2.24) is 9.62 Å². The number of methoxy groups -OCH3 is 1. The molecule has 0 spiro atoms. The minimum Gasteiger partial charge on any atom is -0.465 e. The second kappa shape index (κ2) is 9.34. The van der Waals surface area contributed by atoms with Crippen LogP contribution in [-0.4, -0.2) is 51.5 Å². The summed E-state index contributed by atoms with van der Waals surface area (Å²) in [5.74, 6) is -0.605. The van der Waals surface area contributed by atoms with Crippen molar-refractivity contribution in [3.63, 3.8) is 0 Å². The number of fused-ring (bicyclic) bond motifs is 1. The van der Waals surface area contributed by atoms with Gasteiger partial charge >= 0.3 is 5.97 Å². The number of halogens is 1. The van der Waals surface area contributed by atoms with Gasteiger partial charge in [0.2, 0.25) is 10.0 Å². The first-order chi connectivity index (χ1) is 12.5. The number of carbonyl (C=O) groups excluding carboxylic acids is 1. The maximum absolute atomic E-state index is 13.6. The van der Waals surface area contributed by atoms with Crippen LogP contribution in [0.4, 0.5) is 0 Å². The second-order valence-corrected chi connectivity index (χ2v) is 9.22. The van der Waals surface area contributed by atoms with Crippen LogP contribution < -0.4 is 5.32 Å². The van der Waals surface area contributed by atoms with Gasteiger partial charge in [0.1, 0.15) is 9.77 Å². The van der Waals surface area contributed by atoms with Gasteiger partial charge in [-0.15, -0.1) is 23.7 Å². The van der Waals surface area contributed by atoms with Gasteiger partial charge in [-0.05, 0) is 38.4 Å². The lowest BCUT2D eigenvalue weighted by Crippen LogP contribution is -2.46. The third kappa shape index (κ3) is 4.30. The normalized spacial score (nSPS) is 15.7. The van der Waals surface area contributed by atoms with Crippen molar-refractivity contribution in [2.45, 2.75) is 37.1 Å². The molecule has 1 aliphatic heterocycles. The molecule has 2 heterocycles. The molecule has 1 aliphatic rings. The SMILES string of the molecule is CCCN(C1CCNCC1)S(=O)(=O)c1c(C(=O)OC)sc2ccccc12.Cl. The smallest absolute Gasteiger partial charge is 0.349 e. The molecule has 3 rings (SSSR count). The fraction of sp³-hybridized carbons (Fsp3) is 0.500. The van der Waals surface area contributed by atoms with Crippen molar-refractivity contribution in [2.75, 3.05) is 26.7 Å². The molecule has 0 saturated carbocycles. The van der Waals surface area contributed by atoms with Gasteiger partial charge in [-0.2, -0.15) is 4.31 Å². The highest BCUT2D eigenvalue weighted by Gasteiger charge is 2.37. The first-order valence-electron chi connectivity index (χ1n) is 8.83.